The van der Waals surface area contributed by atoms with E-state index in [0.717, 1.165) is 52.2 Å². The van der Waals surface area contributed by atoms with Crippen molar-refractivity contribution in [1.82, 2.24) is 24.5 Å². The van der Waals surface area contributed by atoms with E-state index < -0.39 is 9.84 Å². The summed E-state index contributed by atoms with van der Waals surface area (Å²) in [7, 11) is -2.82. The second kappa shape index (κ2) is 8.28. The molecule has 0 bridgehead atoms. The van der Waals surface area contributed by atoms with Gasteiger partial charge in [0.25, 0.3) is 4.84 Å². The lowest BCUT2D eigenvalue weighted by Gasteiger charge is -2.37. The van der Waals surface area contributed by atoms with Crippen LogP contribution in [0.1, 0.15) is 31.6 Å². The molecule has 3 fully saturated rings. The SMILES string of the molecule is O=S1(=O)CCC(N2CCN(Cn3nc(CN4CCCCC4)oc3=S)CC2)C1. The van der Waals surface area contributed by atoms with E-state index in [1.807, 2.05) is 0 Å². The summed E-state index contributed by atoms with van der Waals surface area (Å²) in [6.45, 7) is 7.17. The quantitative estimate of drug-likeness (QED) is 0.658. The van der Waals surface area contributed by atoms with Crippen molar-refractivity contribution in [2.24, 2.45) is 0 Å². The van der Waals surface area contributed by atoms with E-state index in [1.165, 1.54) is 19.3 Å². The minimum Gasteiger partial charge on any atom is -0.412 e. The van der Waals surface area contributed by atoms with E-state index in [1.54, 1.807) is 4.68 Å². The van der Waals surface area contributed by atoms with Crippen molar-refractivity contribution in [1.29, 1.82) is 0 Å². The second-order valence-corrected chi connectivity index (χ2v) is 10.5. The highest BCUT2D eigenvalue weighted by atomic mass is 32.2. The summed E-state index contributed by atoms with van der Waals surface area (Å²) < 4.78 is 30.9. The van der Waals surface area contributed by atoms with Gasteiger partial charge in [-0.25, -0.2) is 13.1 Å². The number of piperazine rings is 1. The molecular weight excluding hydrogens is 386 g/mol. The van der Waals surface area contributed by atoms with Gasteiger partial charge in [0.1, 0.15) is 0 Å². The van der Waals surface area contributed by atoms with Crippen LogP contribution in [0.3, 0.4) is 0 Å². The van der Waals surface area contributed by atoms with Crippen molar-refractivity contribution in [3.8, 4) is 0 Å². The predicted octanol–water partition coefficient (Wildman–Crippen LogP) is 0.954. The van der Waals surface area contributed by atoms with E-state index in [-0.39, 0.29) is 6.04 Å². The highest BCUT2D eigenvalue weighted by molar-refractivity contribution is 7.91. The number of piperidine rings is 1. The van der Waals surface area contributed by atoms with Crippen LogP contribution in [0.15, 0.2) is 4.42 Å². The zero-order valence-electron chi connectivity index (χ0n) is 15.8. The maximum absolute atomic E-state index is 11.7. The van der Waals surface area contributed by atoms with Crippen LogP contribution in [-0.2, 0) is 23.1 Å². The summed E-state index contributed by atoms with van der Waals surface area (Å²) in [5, 5.41) is 4.58. The Labute approximate surface area is 166 Å². The molecule has 0 aromatic carbocycles. The summed E-state index contributed by atoms with van der Waals surface area (Å²) in [5.74, 6) is 1.36. The van der Waals surface area contributed by atoms with Gasteiger partial charge in [0.2, 0.25) is 5.89 Å². The Balaban J connectivity index is 1.28. The maximum Gasteiger partial charge on any atom is 0.288 e. The van der Waals surface area contributed by atoms with Gasteiger partial charge in [-0.1, -0.05) is 6.42 Å². The largest absolute Gasteiger partial charge is 0.412 e. The predicted molar refractivity (Wildman–Crippen MR) is 105 cm³/mol. The Bertz CT molecular complexity index is 792. The highest BCUT2D eigenvalue weighted by Crippen LogP contribution is 2.19. The molecule has 8 nitrogen and oxygen atoms in total. The molecule has 0 spiro atoms. The monoisotopic (exact) mass is 415 g/mol. The molecule has 152 valence electrons. The molecule has 0 amide bonds. The first kappa shape index (κ1) is 19.5. The van der Waals surface area contributed by atoms with Gasteiger partial charge in [0, 0.05) is 32.2 Å². The van der Waals surface area contributed by atoms with E-state index in [2.05, 4.69) is 19.8 Å². The number of hydrogen-bond acceptors (Lipinski definition) is 8. The molecule has 1 unspecified atom stereocenters. The van der Waals surface area contributed by atoms with Gasteiger partial charge in [-0.15, -0.1) is 5.10 Å². The van der Waals surface area contributed by atoms with E-state index in [9.17, 15) is 8.42 Å². The molecule has 0 radical (unpaired) electrons. The van der Waals surface area contributed by atoms with Crippen LogP contribution in [0.5, 0.6) is 0 Å². The van der Waals surface area contributed by atoms with Crippen LogP contribution in [0.2, 0.25) is 0 Å². The number of hydrogen-bond donors (Lipinski definition) is 0. The minimum absolute atomic E-state index is 0.197. The average Bonchev–Trinajstić information content (AvgIpc) is 3.18. The zero-order chi connectivity index (χ0) is 18.9. The summed E-state index contributed by atoms with van der Waals surface area (Å²) in [6, 6.07) is 0.197. The van der Waals surface area contributed by atoms with Gasteiger partial charge in [-0.2, -0.15) is 0 Å². The topological polar surface area (TPSA) is 74.8 Å². The molecular formula is C17H29N5O3S2. The fourth-order valence-electron chi connectivity index (χ4n) is 4.33. The molecule has 27 heavy (non-hydrogen) atoms. The van der Waals surface area contributed by atoms with Gasteiger partial charge < -0.3 is 4.42 Å². The minimum atomic E-state index is -2.82. The lowest BCUT2D eigenvalue weighted by molar-refractivity contribution is 0.0802. The third-order valence-corrected chi connectivity index (χ3v) is 7.97. The van der Waals surface area contributed by atoms with Crippen molar-refractivity contribution in [2.75, 3.05) is 50.8 Å². The number of likely N-dealkylation sites (tertiary alicyclic amines) is 1. The van der Waals surface area contributed by atoms with Gasteiger partial charge in [0.15, 0.2) is 9.84 Å². The third kappa shape index (κ3) is 4.97. The van der Waals surface area contributed by atoms with Crippen LogP contribution in [0.25, 0.3) is 0 Å². The normalized spacial score (nSPS) is 27.9. The molecule has 4 heterocycles. The van der Waals surface area contributed by atoms with Crippen LogP contribution < -0.4 is 0 Å². The molecule has 0 aliphatic carbocycles. The molecule has 1 atom stereocenters. The van der Waals surface area contributed by atoms with Crippen molar-refractivity contribution in [2.45, 2.75) is 44.9 Å². The standard InChI is InChI=1S/C17H29N5O3S2/c23-27(24)11-4-15(13-27)21-9-7-20(8-10-21)14-22-17(26)25-16(18-22)12-19-5-2-1-3-6-19/h15H,1-14H2. The number of sulfone groups is 1. The second-order valence-electron chi connectivity index (χ2n) is 7.95. The first-order valence-corrected chi connectivity index (χ1v) is 12.2. The van der Waals surface area contributed by atoms with Gasteiger partial charge in [-0.3, -0.25) is 14.7 Å². The third-order valence-electron chi connectivity index (χ3n) is 5.92. The molecule has 4 rings (SSSR count). The summed E-state index contributed by atoms with van der Waals surface area (Å²) in [6.07, 6.45) is 4.58. The summed E-state index contributed by atoms with van der Waals surface area (Å²) in [5.41, 5.74) is 0. The fourth-order valence-corrected chi connectivity index (χ4v) is 6.29. The van der Waals surface area contributed by atoms with E-state index in [4.69, 9.17) is 16.6 Å². The molecule has 3 aliphatic rings. The van der Waals surface area contributed by atoms with Gasteiger partial charge in [0.05, 0.1) is 24.7 Å². The molecule has 10 heteroatoms. The van der Waals surface area contributed by atoms with Crippen LogP contribution in [0.4, 0.5) is 0 Å². The Morgan fingerprint density at radius 3 is 2.44 bits per heavy atom. The smallest absolute Gasteiger partial charge is 0.288 e. The van der Waals surface area contributed by atoms with E-state index in [0.29, 0.717) is 28.9 Å². The van der Waals surface area contributed by atoms with Crippen molar-refractivity contribution in [3.63, 3.8) is 0 Å². The Kier molecular flexibility index (Phi) is 5.98. The average molecular weight is 416 g/mol. The lowest BCUT2D eigenvalue weighted by atomic mass is 10.1. The highest BCUT2D eigenvalue weighted by Gasteiger charge is 2.33. The van der Waals surface area contributed by atoms with Crippen molar-refractivity contribution < 1.29 is 12.8 Å². The van der Waals surface area contributed by atoms with Crippen molar-refractivity contribution >= 4 is 22.1 Å². The fraction of sp³-hybridized carbons (Fsp3) is 0.882. The van der Waals surface area contributed by atoms with E-state index >= 15 is 0 Å². The first-order valence-electron chi connectivity index (χ1n) is 9.94. The molecule has 1 aromatic heterocycles. The Morgan fingerprint density at radius 1 is 1.04 bits per heavy atom. The molecule has 3 aliphatic heterocycles. The van der Waals surface area contributed by atoms with Gasteiger partial charge in [-0.05, 0) is 44.6 Å². The number of rotatable bonds is 5. The molecule has 3 saturated heterocycles. The van der Waals surface area contributed by atoms with Gasteiger partial charge >= 0.3 is 0 Å². The maximum atomic E-state index is 11.7. The van der Waals surface area contributed by atoms with Crippen LogP contribution >= 0.6 is 12.2 Å². The Morgan fingerprint density at radius 2 is 1.78 bits per heavy atom. The number of aromatic nitrogens is 2. The summed E-state index contributed by atoms with van der Waals surface area (Å²) in [4.78, 5) is 7.45. The summed E-state index contributed by atoms with van der Waals surface area (Å²) >= 11 is 5.36. The molecule has 0 saturated carbocycles. The van der Waals surface area contributed by atoms with Crippen molar-refractivity contribution in [3.05, 3.63) is 10.7 Å². The zero-order valence-corrected chi connectivity index (χ0v) is 17.4. The van der Waals surface area contributed by atoms with Crippen LogP contribution in [0, 0.1) is 4.84 Å². The van der Waals surface area contributed by atoms with Crippen LogP contribution in [-0.4, -0.2) is 89.7 Å². The Hall–Kier alpha value is -0.810. The first-order chi connectivity index (χ1) is 13.0. The number of nitrogens with zero attached hydrogens (tertiary/aromatic N) is 5. The lowest BCUT2D eigenvalue weighted by Crippen LogP contribution is -2.50. The molecule has 0 N–H and O–H groups in total. The molecule has 1 aromatic rings.